The first-order valence-electron chi connectivity index (χ1n) is 5.79. The number of carboxylic acids is 1. The van der Waals surface area contributed by atoms with E-state index in [1.807, 2.05) is 0 Å². The smallest absolute Gasteiger partial charge is 0.326 e. The zero-order valence-electron chi connectivity index (χ0n) is 10.2. The van der Waals surface area contributed by atoms with E-state index < -0.39 is 27.8 Å². The molecule has 1 rings (SSSR count). The molecule has 1 aliphatic heterocycles. The first-order valence-corrected chi connectivity index (χ1v) is 8.66. The van der Waals surface area contributed by atoms with Gasteiger partial charge in [0.05, 0.1) is 17.3 Å². The Balaban J connectivity index is 2.33. The molecule has 19 heavy (non-hydrogen) atoms. The zero-order valence-corrected chi connectivity index (χ0v) is 11.9. The van der Waals surface area contributed by atoms with Crippen LogP contribution < -0.4 is 5.32 Å². The predicted octanol–water partition coefficient (Wildman–Crippen LogP) is -1.14. The number of amides is 1. The Hall–Kier alpha value is -0.800. The lowest BCUT2D eigenvalue weighted by atomic mass is 10.2. The Morgan fingerprint density at radius 2 is 2.11 bits per heavy atom. The molecule has 1 saturated heterocycles. The lowest BCUT2D eigenvalue weighted by Gasteiger charge is -2.14. The minimum atomic E-state index is -2.97. The first-order chi connectivity index (χ1) is 8.84. The summed E-state index contributed by atoms with van der Waals surface area (Å²) in [6.07, 6.45) is 0.475. The van der Waals surface area contributed by atoms with Crippen molar-refractivity contribution in [3.8, 4) is 0 Å². The number of carbonyl (C=O) groups is 2. The van der Waals surface area contributed by atoms with Crippen LogP contribution in [0.15, 0.2) is 0 Å². The van der Waals surface area contributed by atoms with Gasteiger partial charge in [-0.3, -0.25) is 4.79 Å². The van der Waals surface area contributed by atoms with E-state index in [1.54, 1.807) is 0 Å². The van der Waals surface area contributed by atoms with Crippen molar-refractivity contribution in [2.24, 2.45) is 0 Å². The summed E-state index contributed by atoms with van der Waals surface area (Å²) in [7, 11) is -2.97. The van der Waals surface area contributed by atoms with Crippen LogP contribution in [0.1, 0.15) is 12.8 Å². The summed E-state index contributed by atoms with van der Waals surface area (Å²) >= 11 is 1.22. The van der Waals surface area contributed by atoms with Crippen LogP contribution in [0.4, 0.5) is 0 Å². The van der Waals surface area contributed by atoms with E-state index in [9.17, 15) is 18.0 Å². The highest BCUT2D eigenvalue weighted by Crippen LogP contribution is 2.23. The van der Waals surface area contributed by atoms with Gasteiger partial charge in [0.1, 0.15) is 6.04 Å². The van der Waals surface area contributed by atoms with Crippen LogP contribution in [0.5, 0.6) is 0 Å². The SMILES string of the molecule is O=C(CSC1CCS(=O)(=O)C1)N[C@H](CCO)C(=O)O. The number of carboxylic acid groups (broad SMARTS) is 1. The second kappa shape index (κ2) is 7.11. The van der Waals surface area contributed by atoms with E-state index in [0.29, 0.717) is 6.42 Å². The van der Waals surface area contributed by atoms with Crippen LogP contribution in [0.2, 0.25) is 0 Å². The van der Waals surface area contributed by atoms with Gasteiger partial charge in [-0.15, -0.1) is 11.8 Å². The van der Waals surface area contributed by atoms with Gasteiger partial charge in [0, 0.05) is 18.3 Å². The average molecular weight is 311 g/mol. The van der Waals surface area contributed by atoms with Gasteiger partial charge < -0.3 is 15.5 Å². The fourth-order valence-corrected chi connectivity index (χ4v) is 5.16. The molecule has 1 heterocycles. The summed E-state index contributed by atoms with van der Waals surface area (Å²) in [6, 6.07) is -1.11. The van der Waals surface area contributed by atoms with Crippen LogP contribution in [0.25, 0.3) is 0 Å². The van der Waals surface area contributed by atoms with E-state index in [-0.39, 0.29) is 35.5 Å². The molecule has 7 nitrogen and oxygen atoms in total. The van der Waals surface area contributed by atoms with Gasteiger partial charge in [-0.05, 0) is 6.42 Å². The van der Waals surface area contributed by atoms with Crippen molar-refractivity contribution in [2.45, 2.75) is 24.1 Å². The molecule has 110 valence electrons. The molecule has 0 spiro atoms. The number of hydrogen-bond donors (Lipinski definition) is 3. The van der Waals surface area contributed by atoms with Crippen molar-refractivity contribution in [3.63, 3.8) is 0 Å². The predicted molar refractivity (Wildman–Crippen MR) is 70.8 cm³/mol. The van der Waals surface area contributed by atoms with Crippen molar-refractivity contribution in [1.82, 2.24) is 5.32 Å². The molecule has 9 heteroatoms. The van der Waals surface area contributed by atoms with Gasteiger partial charge in [-0.2, -0.15) is 0 Å². The summed E-state index contributed by atoms with van der Waals surface area (Å²) in [6.45, 7) is -0.328. The van der Waals surface area contributed by atoms with Gasteiger partial charge in [-0.1, -0.05) is 0 Å². The van der Waals surface area contributed by atoms with Crippen molar-refractivity contribution < 1.29 is 28.2 Å². The number of rotatable bonds is 7. The summed E-state index contributed by atoms with van der Waals surface area (Å²) < 4.78 is 22.4. The van der Waals surface area contributed by atoms with E-state index in [0.717, 1.165) is 0 Å². The maximum Gasteiger partial charge on any atom is 0.326 e. The molecule has 1 fully saturated rings. The molecule has 0 aromatic carbocycles. The highest BCUT2D eigenvalue weighted by molar-refractivity contribution is 8.02. The molecule has 3 N–H and O–H groups in total. The van der Waals surface area contributed by atoms with E-state index in [4.69, 9.17) is 10.2 Å². The highest BCUT2D eigenvalue weighted by atomic mass is 32.2. The molecule has 0 saturated carbocycles. The van der Waals surface area contributed by atoms with Crippen molar-refractivity contribution in [2.75, 3.05) is 23.9 Å². The highest BCUT2D eigenvalue weighted by Gasteiger charge is 2.29. The maximum absolute atomic E-state index is 11.5. The molecule has 0 aliphatic carbocycles. The summed E-state index contributed by atoms with van der Waals surface area (Å²) in [4.78, 5) is 22.3. The molecule has 0 aromatic rings. The number of aliphatic carboxylic acids is 1. The molecule has 1 amide bonds. The molecular weight excluding hydrogens is 294 g/mol. The minimum absolute atomic E-state index is 0.0232. The van der Waals surface area contributed by atoms with Crippen molar-refractivity contribution >= 4 is 33.5 Å². The molecule has 0 bridgehead atoms. The third-order valence-corrected chi connectivity index (χ3v) is 5.97. The van der Waals surface area contributed by atoms with Crippen LogP contribution in [-0.2, 0) is 19.4 Å². The van der Waals surface area contributed by atoms with Crippen molar-refractivity contribution in [1.29, 1.82) is 0 Å². The second-order valence-corrected chi connectivity index (χ2v) is 7.82. The Labute approximate surface area is 115 Å². The number of aliphatic hydroxyl groups excluding tert-OH is 1. The molecule has 0 radical (unpaired) electrons. The molecule has 1 aliphatic rings. The van der Waals surface area contributed by atoms with Crippen LogP contribution in [0.3, 0.4) is 0 Å². The van der Waals surface area contributed by atoms with Gasteiger partial charge in [0.25, 0.3) is 0 Å². The second-order valence-electron chi connectivity index (χ2n) is 4.31. The Bertz CT molecular complexity index is 435. The standard InChI is InChI=1S/C10H17NO6S2/c12-3-1-8(10(14)15)11-9(13)5-18-7-2-4-19(16,17)6-7/h7-8,12H,1-6H2,(H,11,13)(H,14,15)/t7?,8-/m1/s1. The van der Waals surface area contributed by atoms with Gasteiger partial charge >= 0.3 is 5.97 Å². The third kappa shape index (κ3) is 5.79. The maximum atomic E-state index is 11.5. The lowest BCUT2D eigenvalue weighted by molar-refractivity contribution is -0.141. The lowest BCUT2D eigenvalue weighted by Crippen LogP contribution is -2.42. The van der Waals surface area contributed by atoms with Gasteiger partial charge in [0.15, 0.2) is 9.84 Å². The van der Waals surface area contributed by atoms with E-state index in [1.165, 1.54) is 11.8 Å². The van der Waals surface area contributed by atoms with Crippen LogP contribution in [-0.4, -0.2) is 65.7 Å². The first kappa shape index (κ1) is 16.3. The zero-order chi connectivity index (χ0) is 14.5. The fourth-order valence-electron chi connectivity index (χ4n) is 1.71. The van der Waals surface area contributed by atoms with E-state index >= 15 is 0 Å². The monoisotopic (exact) mass is 311 g/mol. The average Bonchev–Trinajstić information content (AvgIpc) is 2.66. The third-order valence-electron chi connectivity index (χ3n) is 2.69. The Morgan fingerprint density at radius 3 is 2.58 bits per heavy atom. The largest absolute Gasteiger partial charge is 0.480 e. The quantitative estimate of drug-likeness (QED) is 0.543. The minimum Gasteiger partial charge on any atom is -0.480 e. The number of carbonyl (C=O) groups excluding carboxylic acids is 1. The fraction of sp³-hybridized carbons (Fsp3) is 0.800. The summed E-state index contributed by atoms with van der Waals surface area (Å²) in [5.41, 5.74) is 0. The topological polar surface area (TPSA) is 121 Å². The molecule has 0 aromatic heterocycles. The van der Waals surface area contributed by atoms with Crippen LogP contribution in [0, 0.1) is 0 Å². The summed E-state index contributed by atoms with van der Waals surface area (Å²) in [5, 5.41) is 19.7. The number of aliphatic hydroxyl groups is 1. The number of nitrogens with one attached hydrogen (secondary N) is 1. The normalized spacial score (nSPS) is 22.9. The van der Waals surface area contributed by atoms with Gasteiger partial charge in [-0.25, -0.2) is 13.2 Å². The Kier molecular flexibility index (Phi) is 6.08. The summed E-state index contributed by atoms with van der Waals surface area (Å²) in [5.74, 6) is -1.42. The molecule has 2 atom stereocenters. The molecular formula is C10H17NO6S2. The number of sulfone groups is 1. The Morgan fingerprint density at radius 1 is 1.42 bits per heavy atom. The van der Waals surface area contributed by atoms with E-state index in [2.05, 4.69) is 5.32 Å². The number of thioether (sulfide) groups is 1. The van der Waals surface area contributed by atoms with Crippen LogP contribution >= 0.6 is 11.8 Å². The van der Waals surface area contributed by atoms with Crippen molar-refractivity contribution in [3.05, 3.63) is 0 Å². The number of hydrogen-bond acceptors (Lipinski definition) is 6. The molecule has 1 unspecified atom stereocenters. The van der Waals surface area contributed by atoms with Gasteiger partial charge in [0.2, 0.25) is 5.91 Å².